The minimum Gasteiger partial charge on any atom is -0.479 e. The summed E-state index contributed by atoms with van der Waals surface area (Å²) >= 11 is 6.38. The highest BCUT2D eigenvalue weighted by Gasteiger charge is 2.23. The van der Waals surface area contributed by atoms with Crippen molar-refractivity contribution < 1.29 is 14.3 Å². The molecule has 1 aromatic heterocycles. The molecule has 0 unspecified atom stereocenters. The molecular weight excluding hydrogens is 380 g/mol. The summed E-state index contributed by atoms with van der Waals surface area (Å²) in [6, 6.07) is 5.09. The Morgan fingerprint density at radius 3 is 3.00 bits per heavy atom. The average molecular weight is 403 g/mol. The van der Waals surface area contributed by atoms with E-state index in [1.165, 1.54) is 6.08 Å². The second-order valence-corrected chi connectivity index (χ2v) is 7.01. The number of anilines is 2. The van der Waals surface area contributed by atoms with E-state index in [1.54, 1.807) is 35.9 Å². The molecule has 2 amide bonds. The van der Waals surface area contributed by atoms with E-state index >= 15 is 0 Å². The SMILES string of the molecule is CCCCn1nc(C)c(/C=C/C(=O)Nc2ccc3c(c2)NC(=O)[C@@H](C)O3)c1Cl. The monoisotopic (exact) mass is 402 g/mol. The van der Waals surface area contributed by atoms with E-state index < -0.39 is 6.10 Å². The van der Waals surface area contributed by atoms with Crippen molar-refractivity contribution in [1.29, 1.82) is 0 Å². The van der Waals surface area contributed by atoms with E-state index in [-0.39, 0.29) is 11.8 Å². The molecule has 7 nitrogen and oxygen atoms in total. The zero-order valence-electron chi connectivity index (χ0n) is 16.1. The summed E-state index contributed by atoms with van der Waals surface area (Å²) < 4.78 is 7.26. The maximum absolute atomic E-state index is 12.3. The van der Waals surface area contributed by atoms with Gasteiger partial charge in [0.25, 0.3) is 5.91 Å². The Bertz CT molecular complexity index is 936. The number of carbonyl (C=O) groups is 2. The van der Waals surface area contributed by atoms with Crippen LogP contribution in [-0.4, -0.2) is 27.7 Å². The summed E-state index contributed by atoms with van der Waals surface area (Å²) in [5.41, 5.74) is 2.58. The molecule has 28 heavy (non-hydrogen) atoms. The predicted octanol–water partition coefficient (Wildman–Crippen LogP) is 4.02. The quantitative estimate of drug-likeness (QED) is 0.714. The maximum Gasteiger partial charge on any atom is 0.265 e. The third-order valence-electron chi connectivity index (χ3n) is 4.41. The largest absolute Gasteiger partial charge is 0.479 e. The highest BCUT2D eigenvalue weighted by molar-refractivity contribution is 6.31. The van der Waals surface area contributed by atoms with Gasteiger partial charge in [0.2, 0.25) is 5.91 Å². The van der Waals surface area contributed by atoms with Crippen molar-refractivity contribution >= 4 is 40.9 Å². The summed E-state index contributed by atoms with van der Waals surface area (Å²) in [5.74, 6) is 0.0387. The summed E-state index contributed by atoms with van der Waals surface area (Å²) in [7, 11) is 0. The number of nitrogens with zero attached hydrogens (tertiary/aromatic N) is 2. The Labute approximate surface area is 168 Å². The Hall–Kier alpha value is -2.80. The first-order valence-corrected chi connectivity index (χ1v) is 9.60. The lowest BCUT2D eigenvalue weighted by Gasteiger charge is -2.23. The third kappa shape index (κ3) is 4.36. The van der Waals surface area contributed by atoms with Crippen LogP contribution in [0.5, 0.6) is 5.75 Å². The van der Waals surface area contributed by atoms with Crippen LogP contribution >= 0.6 is 11.6 Å². The molecule has 0 spiro atoms. The van der Waals surface area contributed by atoms with Crippen LogP contribution < -0.4 is 15.4 Å². The fraction of sp³-hybridized carbons (Fsp3) is 0.350. The molecule has 2 aromatic rings. The van der Waals surface area contributed by atoms with Crippen LogP contribution in [0.15, 0.2) is 24.3 Å². The van der Waals surface area contributed by atoms with Gasteiger partial charge in [0.05, 0.1) is 11.4 Å². The van der Waals surface area contributed by atoms with Crippen molar-refractivity contribution in [2.45, 2.75) is 46.3 Å². The normalized spacial score (nSPS) is 15.9. The van der Waals surface area contributed by atoms with Gasteiger partial charge in [0, 0.05) is 23.9 Å². The zero-order valence-corrected chi connectivity index (χ0v) is 16.8. The number of aromatic nitrogens is 2. The highest BCUT2D eigenvalue weighted by Crippen LogP contribution is 2.32. The van der Waals surface area contributed by atoms with Gasteiger partial charge in [-0.15, -0.1) is 0 Å². The number of fused-ring (bicyclic) bond motifs is 1. The van der Waals surface area contributed by atoms with Crippen molar-refractivity contribution in [2.75, 3.05) is 10.6 Å². The molecular formula is C20H23ClN4O3. The van der Waals surface area contributed by atoms with Crippen LogP contribution in [0.2, 0.25) is 5.15 Å². The average Bonchev–Trinajstić information content (AvgIpc) is 2.92. The number of halogens is 1. The number of rotatable bonds is 6. The van der Waals surface area contributed by atoms with Gasteiger partial charge in [-0.1, -0.05) is 24.9 Å². The van der Waals surface area contributed by atoms with Crippen LogP contribution in [0.3, 0.4) is 0 Å². The van der Waals surface area contributed by atoms with Crippen molar-refractivity contribution in [1.82, 2.24) is 9.78 Å². The molecule has 8 heteroatoms. The van der Waals surface area contributed by atoms with Crippen molar-refractivity contribution in [3.05, 3.63) is 40.7 Å². The first-order valence-electron chi connectivity index (χ1n) is 9.22. The van der Waals surface area contributed by atoms with Gasteiger partial charge in [-0.3, -0.25) is 14.3 Å². The number of ether oxygens (including phenoxy) is 1. The van der Waals surface area contributed by atoms with Crippen LogP contribution in [0.25, 0.3) is 6.08 Å². The maximum atomic E-state index is 12.3. The lowest BCUT2D eigenvalue weighted by Crippen LogP contribution is -2.34. The summed E-state index contributed by atoms with van der Waals surface area (Å²) in [6.07, 6.45) is 4.57. The molecule has 0 saturated heterocycles. The van der Waals surface area contributed by atoms with E-state index in [4.69, 9.17) is 16.3 Å². The summed E-state index contributed by atoms with van der Waals surface area (Å²) in [4.78, 5) is 24.0. The van der Waals surface area contributed by atoms with Gasteiger partial charge in [-0.2, -0.15) is 5.10 Å². The predicted molar refractivity (Wildman–Crippen MR) is 110 cm³/mol. The Morgan fingerprint density at radius 2 is 2.25 bits per heavy atom. The van der Waals surface area contributed by atoms with Crippen molar-refractivity contribution in [2.24, 2.45) is 0 Å². The second kappa shape index (κ2) is 8.48. The smallest absolute Gasteiger partial charge is 0.265 e. The Morgan fingerprint density at radius 1 is 1.46 bits per heavy atom. The van der Waals surface area contributed by atoms with Crippen LogP contribution in [0.1, 0.15) is 37.9 Å². The molecule has 0 fully saturated rings. The van der Waals surface area contributed by atoms with E-state index in [1.807, 2.05) is 6.92 Å². The van der Waals surface area contributed by atoms with Crippen LogP contribution in [-0.2, 0) is 16.1 Å². The lowest BCUT2D eigenvalue weighted by molar-refractivity contribution is -0.122. The van der Waals surface area contributed by atoms with Gasteiger partial charge in [-0.25, -0.2) is 0 Å². The molecule has 0 radical (unpaired) electrons. The number of unbranched alkanes of at least 4 members (excludes halogenated alkanes) is 1. The number of benzene rings is 1. The third-order valence-corrected chi connectivity index (χ3v) is 4.81. The van der Waals surface area contributed by atoms with Crippen LogP contribution in [0, 0.1) is 6.92 Å². The van der Waals surface area contributed by atoms with E-state index in [9.17, 15) is 9.59 Å². The van der Waals surface area contributed by atoms with E-state index in [2.05, 4.69) is 22.7 Å². The van der Waals surface area contributed by atoms with Gasteiger partial charge in [0.1, 0.15) is 10.9 Å². The van der Waals surface area contributed by atoms with Crippen LogP contribution in [0.4, 0.5) is 11.4 Å². The molecule has 0 aliphatic carbocycles. The number of hydrogen-bond acceptors (Lipinski definition) is 4. The molecule has 0 saturated carbocycles. The van der Waals surface area contributed by atoms with Gasteiger partial charge in [0.15, 0.2) is 6.10 Å². The highest BCUT2D eigenvalue weighted by atomic mass is 35.5. The van der Waals surface area contributed by atoms with Gasteiger partial charge < -0.3 is 15.4 Å². The molecule has 1 aliphatic rings. The molecule has 1 atom stereocenters. The standard InChI is InChI=1S/C20H23ClN4O3/c1-4-5-10-25-19(21)15(12(2)24-25)7-9-18(26)22-14-6-8-17-16(11-14)23-20(27)13(3)28-17/h6-9,11,13H,4-5,10H2,1-3H3,(H,22,26)(H,23,27)/b9-7+/t13-/m1/s1. The molecule has 0 bridgehead atoms. The first kappa shape index (κ1) is 19.9. The van der Waals surface area contributed by atoms with Gasteiger partial charge >= 0.3 is 0 Å². The number of carbonyl (C=O) groups excluding carboxylic acids is 2. The molecule has 2 N–H and O–H groups in total. The molecule has 148 valence electrons. The molecule has 1 aliphatic heterocycles. The Balaban J connectivity index is 1.69. The number of amides is 2. The fourth-order valence-corrected chi connectivity index (χ4v) is 3.16. The van der Waals surface area contributed by atoms with Crippen molar-refractivity contribution in [3.8, 4) is 5.75 Å². The lowest BCUT2D eigenvalue weighted by atomic mass is 10.2. The molecule has 1 aromatic carbocycles. The number of nitrogens with one attached hydrogen (secondary N) is 2. The first-order chi connectivity index (χ1) is 13.4. The number of hydrogen-bond donors (Lipinski definition) is 2. The summed E-state index contributed by atoms with van der Waals surface area (Å²) in [6.45, 7) is 6.39. The fourth-order valence-electron chi connectivity index (χ4n) is 2.84. The molecule has 2 heterocycles. The van der Waals surface area contributed by atoms with E-state index in [0.29, 0.717) is 22.3 Å². The van der Waals surface area contributed by atoms with Crippen molar-refractivity contribution in [3.63, 3.8) is 0 Å². The van der Waals surface area contributed by atoms with E-state index in [0.717, 1.165) is 30.6 Å². The van der Waals surface area contributed by atoms with Gasteiger partial charge in [-0.05, 0) is 44.5 Å². The zero-order chi connectivity index (χ0) is 20.3. The number of aryl methyl sites for hydroxylation is 2. The summed E-state index contributed by atoms with van der Waals surface area (Å²) in [5, 5.41) is 10.5. The minimum absolute atomic E-state index is 0.221. The Kier molecular flexibility index (Phi) is 6.04. The minimum atomic E-state index is -0.540. The topological polar surface area (TPSA) is 85.3 Å². The molecule has 3 rings (SSSR count). The second-order valence-electron chi connectivity index (χ2n) is 6.65.